The first-order valence-electron chi connectivity index (χ1n) is 10.8. The third kappa shape index (κ3) is 7.89. The van der Waals surface area contributed by atoms with Gasteiger partial charge < -0.3 is 15.5 Å². The largest absolute Gasteiger partial charge is 0.345 e. The summed E-state index contributed by atoms with van der Waals surface area (Å²) in [7, 11) is 0. The summed E-state index contributed by atoms with van der Waals surface area (Å²) in [6.45, 7) is 8.22. The molecule has 2 aromatic rings. The Kier molecular flexibility index (Phi) is 9.25. The summed E-state index contributed by atoms with van der Waals surface area (Å²) in [5, 5.41) is 5.37. The van der Waals surface area contributed by atoms with Crippen LogP contribution in [0.4, 0.5) is 5.69 Å². The Hall–Kier alpha value is -3.15. The highest BCUT2D eigenvalue weighted by molar-refractivity contribution is 5.95. The van der Waals surface area contributed by atoms with Crippen molar-refractivity contribution in [2.75, 3.05) is 25.0 Å². The lowest BCUT2D eigenvalue weighted by molar-refractivity contribution is -0.138. The first-order valence-corrected chi connectivity index (χ1v) is 10.8. The number of aryl methyl sites for hydroxylation is 1. The van der Waals surface area contributed by atoms with Crippen LogP contribution in [0.15, 0.2) is 54.6 Å². The van der Waals surface area contributed by atoms with Crippen LogP contribution in [0.3, 0.4) is 0 Å². The number of carbonyl (C=O) groups excluding carboxylic acids is 3. The average molecular weight is 424 g/mol. The fraction of sp³-hybridized carbons (Fsp3) is 0.400. The molecular weight excluding hydrogens is 390 g/mol. The van der Waals surface area contributed by atoms with Crippen LogP contribution in [-0.2, 0) is 14.4 Å². The molecule has 0 bridgehead atoms. The maximum Gasteiger partial charge on any atom is 0.243 e. The molecule has 1 atom stereocenters. The van der Waals surface area contributed by atoms with E-state index in [0.29, 0.717) is 18.7 Å². The number of rotatable bonds is 10. The van der Waals surface area contributed by atoms with Gasteiger partial charge in [0.05, 0.1) is 19.0 Å². The molecule has 0 saturated carbocycles. The minimum atomic E-state index is -0.351. The molecule has 0 radical (unpaired) electrons. The number of nitrogens with one attached hydrogen (secondary N) is 2. The normalized spacial score (nSPS) is 11.6. The van der Waals surface area contributed by atoms with E-state index in [4.69, 9.17) is 0 Å². The lowest BCUT2D eigenvalue weighted by Crippen LogP contribution is -2.45. The summed E-state index contributed by atoms with van der Waals surface area (Å²) in [5.41, 5.74) is 2.72. The molecule has 3 amide bonds. The van der Waals surface area contributed by atoms with Crippen LogP contribution < -0.4 is 10.6 Å². The summed E-state index contributed by atoms with van der Waals surface area (Å²) >= 11 is 0. The fourth-order valence-corrected chi connectivity index (χ4v) is 3.38. The third-order valence-corrected chi connectivity index (χ3v) is 4.92. The van der Waals surface area contributed by atoms with Crippen molar-refractivity contribution in [2.24, 2.45) is 5.92 Å². The molecule has 1 unspecified atom stereocenters. The monoisotopic (exact) mass is 423 g/mol. The van der Waals surface area contributed by atoms with Gasteiger partial charge in [0.2, 0.25) is 17.7 Å². The van der Waals surface area contributed by atoms with Gasteiger partial charge in [-0.1, -0.05) is 68.8 Å². The van der Waals surface area contributed by atoms with Crippen molar-refractivity contribution < 1.29 is 14.4 Å². The summed E-state index contributed by atoms with van der Waals surface area (Å²) in [4.78, 5) is 39.5. The van der Waals surface area contributed by atoms with E-state index in [2.05, 4.69) is 10.6 Å². The number of hydrogen-bond acceptors (Lipinski definition) is 3. The van der Waals surface area contributed by atoms with Gasteiger partial charge in [-0.3, -0.25) is 14.4 Å². The molecule has 0 fully saturated rings. The van der Waals surface area contributed by atoms with Gasteiger partial charge in [0.15, 0.2) is 0 Å². The second-order valence-corrected chi connectivity index (χ2v) is 8.18. The van der Waals surface area contributed by atoms with Crippen LogP contribution in [0.2, 0.25) is 0 Å². The number of amides is 3. The van der Waals surface area contributed by atoms with Crippen LogP contribution >= 0.6 is 0 Å². The Balaban J connectivity index is 1.96. The molecule has 31 heavy (non-hydrogen) atoms. The topological polar surface area (TPSA) is 78.5 Å². The second kappa shape index (κ2) is 11.9. The quantitative estimate of drug-likeness (QED) is 0.611. The molecule has 0 aromatic heterocycles. The highest BCUT2D eigenvalue weighted by Crippen LogP contribution is 2.22. The summed E-state index contributed by atoms with van der Waals surface area (Å²) in [6.07, 6.45) is 0.651. The predicted molar refractivity (Wildman–Crippen MR) is 124 cm³/mol. The minimum absolute atomic E-state index is 0.0679. The Morgan fingerprint density at radius 2 is 1.58 bits per heavy atom. The Bertz CT molecular complexity index is 863. The molecule has 0 heterocycles. The van der Waals surface area contributed by atoms with E-state index in [1.165, 1.54) is 0 Å². The van der Waals surface area contributed by atoms with Crippen molar-refractivity contribution in [1.29, 1.82) is 0 Å². The maximum absolute atomic E-state index is 13.2. The standard InChI is InChI=1S/C25H33N3O3/c1-5-22(20-9-7-6-8-10-20)25(31)28(16-18(2)3)17-24(30)26-15-23(29)27-21-13-11-19(4)12-14-21/h6-14,18,22H,5,15-17H2,1-4H3,(H,26,30)(H,27,29). The van der Waals surface area contributed by atoms with Gasteiger partial charge in [0.25, 0.3) is 0 Å². The maximum atomic E-state index is 13.2. The molecular formula is C25H33N3O3. The molecule has 0 saturated heterocycles. The lowest BCUT2D eigenvalue weighted by Gasteiger charge is -2.28. The molecule has 166 valence electrons. The first-order chi connectivity index (χ1) is 14.8. The molecule has 0 aliphatic rings. The van der Waals surface area contributed by atoms with Gasteiger partial charge >= 0.3 is 0 Å². The van der Waals surface area contributed by atoms with Crippen molar-refractivity contribution in [2.45, 2.75) is 40.0 Å². The van der Waals surface area contributed by atoms with Crippen molar-refractivity contribution in [3.8, 4) is 0 Å². The first kappa shape index (κ1) is 24.1. The van der Waals surface area contributed by atoms with Crippen molar-refractivity contribution >= 4 is 23.4 Å². The second-order valence-electron chi connectivity index (χ2n) is 8.18. The van der Waals surface area contributed by atoms with Crippen molar-refractivity contribution in [1.82, 2.24) is 10.2 Å². The zero-order valence-corrected chi connectivity index (χ0v) is 18.9. The number of anilines is 1. The van der Waals surface area contributed by atoms with Crippen molar-refractivity contribution in [3.63, 3.8) is 0 Å². The van der Waals surface area contributed by atoms with Gasteiger partial charge in [0.1, 0.15) is 0 Å². The predicted octanol–water partition coefficient (Wildman–Crippen LogP) is 3.73. The minimum Gasteiger partial charge on any atom is -0.345 e. The van der Waals surface area contributed by atoms with Gasteiger partial charge in [0, 0.05) is 12.2 Å². The van der Waals surface area contributed by atoms with E-state index in [1.807, 2.05) is 82.3 Å². The summed E-state index contributed by atoms with van der Waals surface area (Å²) < 4.78 is 0. The molecule has 2 rings (SSSR count). The van der Waals surface area contributed by atoms with E-state index < -0.39 is 0 Å². The Labute approximate surface area is 185 Å². The van der Waals surface area contributed by atoms with E-state index in [-0.39, 0.29) is 42.6 Å². The Morgan fingerprint density at radius 1 is 0.935 bits per heavy atom. The number of benzene rings is 2. The molecule has 2 aromatic carbocycles. The SMILES string of the molecule is CCC(C(=O)N(CC(=O)NCC(=O)Nc1ccc(C)cc1)CC(C)C)c1ccccc1. The van der Waals surface area contributed by atoms with Crippen LogP contribution in [0, 0.1) is 12.8 Å². The van der Waals surface area contributed by atoms with E-state index in [0.717, 1.165) is 11.1 Å². The van der Waals surface area contributed by atoms with Gasteiger partial charge in [-0.2, -0.15) is 0 Å². The zero-order valence-electron chi connectivity index (χ0n) is 18.9. The van der Waals surface area contributed by atoms with Crippen LogP contribution in [0.25, 0.3) is 0 Å². The summed E-state index contributed by atoms with van der Waals surface area (Å²) in [6, 6.07) is 17.1. The number of nitrogens with zero attached hydrogens (tertiary/aromatic N) is 1. The molecule has 0 aliphatic heterocycles. The van der Waals surface area contributed by atoms with Gasteiger partial charge in [-0.15, -0.1) is 0 Å². The van der Waals surface area contributed by atoms with Crippen LogP contribution in [0.1, 0.15) is 44.2 Å². The Morgan fingerprint density at radius 3 is 2.16 bits per heavy atom. The van der Waals surface area contributed by atoms with Gasteiger partial charge in [-0.25, -0.2) is 0 Å². The number of hydrogen-bond donors (Lipinski definition) is 2. The highest BCUT2D eigenvalue weighted by atomic mass is 16.2. The van der Waals surface area contributed by atoms with E-state index >= 15 is 0 Å². The molecule has 6 heteroatoms. The van der Waals surface area contributed by atoms with Crippen LogP contribution in [0.5, 0.6) is 0 Å². The molecule has 2 N–H and O–H groups in total. The third-order valence-electron chi connectivity index (χ3n) is 4.92. The number of carbonyl (C=O) groups is 3. The molecule has 6 nitrogen and oxygen atoms in total. The zero-order chi connectivity index (χ0) is 22.8. The smallest absolute Gasteiger partial charge is 0.243 e. The van der Waals surface area contributed by atoms with Gasteiger partial charge in [-0.05, 0) is 37.0 Å². The summed E-state index contributed by atoms with van der Waals surface area (Å²) in [5.74, 6) is -0.806. The van der Waals surface area contributed by atoms with E-state index in [9.17, 15) is 14.4 Å². The molecule has 0 aliphatic carbocycles. The average Bonchev–Trinajstić information content (AvgIpc) is 2.74. The highest BCUT2D eigenvalue weighted by Gasteiger charge is 2.26. The fourth-order valence-electron chi connectivity index (χ4n) is 3.38. The van der Waals surface area contributed by atoms with E-state index in [1.54, 1.807) is 4.90 Å². The lowest BCUT2D eigenvalue weighted by atomic mass is 9.94. The molecule has 0 spiro atoms. The van der Waals surface area contributed by atoms with Crippen molar-refractivity contribution in [3.05, 3.63) is 65.7 Å². The van der Waals surface area contributed by atoms with Crippen LogP contribution in [-0.4, -0.2) is 42.3 Å².